The number of ether oxygens (including phenoxy) is 3. The van der Waals surface area contributed by atoms with Crippen LogP contribution in [0.4, 0.5) is 5.69 Å². The van der Waals surface area contributed by atoms with Crippen molar-refractivity contribution in [2.24, 2.45) is 0 Å². The van der Waals surface area contributed by atoms with Crippen LogP contribution in [-0.2, 0) is 21.2 Å². The van der Waals surface area contributed by atoms with Crippen molar-refractivity contribution in [2.45, 2.75) is 12.8 Å². The molecule has 0 unspecified atom stereocenters. The molecule has 0 fully saturated rings. The third kappa shape index (κ3) is 4.56. The van der Waals surface area contributed by atoms with Crippen molar-refractivity contribution in [2.75, 3.05) is 37.9 Å². The van der Waals surface area contributed by atoms with Crippen molar-refractivity contribution in [3.63, 3.8) is 0 Å². The van der Waals surface area contributed by atoms with E-state index in [1.807, 2.05) is 0 Å². The average molecular weight is 433 g/mol. The predicted octanol–water partition coefficient (Wildman–Crippen LogP) is 2.46. The highest BCUT2D eigenvalue weighted by Gasteiger charge is 2.25. The third-order valence-electron chi connectivity index (χ3n) is 4.83. The lowest BCUT2D eigenvalue weighted by molar-refractivity contribution is 0.0474. The molecule has 8 nitrogen and oxygen atoms in total. The number of benzene rings is 2. The van der Waals surface area contributed by atoms with E-state index in [1.165, 1.54) is 30.7 Å². The van der Waals surface area contributed by atoms with Gasteiger partial charge in [0, 0.05) is 12.1 Å². The third-order valence-corrected chi connectivity index (χ3v) is 6.01. The Hall–Kier alpha value is -3.07. The van der Waals surface area contributed by atoms with Crippen LogP contribution in [0.25, 0.3) is 0 Å². The summed E-state index contributed by atoms with van der Waals surface area (Å²) in [6, 6.07) is 9.42. The SMILES string of the molecule is COc1ccc(C(=O)OCC(=O)c2ccc3c(c2)CCCN3S(C)(=O)=O)cc1OC. The Kier molecular flexibility index (Phi) is 6.31. The summed E-state index contributed by atoms with van der Waals surface area (Å²) in [5, 5.41) is 0. The zero-order valence-electron chi connectivity index (χ0n) is 17.0. The number of hydrogen-bond donors (Lipinski definition) is 0. The number of nitrogens with zero attached hydrogens (tertiary/aromatic N) is 1. The predicted molar refractivity (Wildman–Crippen MR) is 111 cm³/mol. The van der Waals surface area contributed by atoms with Crippen LogP contribution in [0.5, 0.6) is 11.5 Å². The number of anilines is 1. The van der Waals surface area contributed by atoms with Crippen LogP contribution in [0.1, 0.15) is 32.7 Å². The van der Waals surface area contributed by atoms with Crippen molar-refractivity contribution in [1.29, 1.82) is 0 Å². The molecule has 9 heteroatoms. The maximum Gasteiger partial charge on any atom is 0.338 e. The number of ketones is 1. The lowest BCUT2D eigenvalue weighted by atomic mass is 9.99. The van der Waals surface area contributed by atoms with E-state index in [0.717, 1.165) is 11.8 Å². The number of sulfonamides is 1. The molecule has 0 bridgehead atoms. The number of rotatable bonds is 7. The Morgan fingerprint density at radius 1 is 1.00 bits per heavy atom. The number of carbonyl (C=O) groups is 2. The van der Waals surface area contributed by atoms with E-state index in [1.54, 1.807) is 24.3 Å². The van der Waals surface area contributed by atoms with E-state index in [4.69, 9.17) is 14.2 Å². The maximum atomic E-state index is 12.5. The lowest BCUT2D eigenvalue weighted by Crippen LogP contribution is -2.34. The zero-order chi connectivity index (χ0) is 21.9. The number of esters is 1. The lowest BCUT2D eigenvalue weighted by Gasteiger charge is -2.29. The van der Waals surface area contributed by atoms with Crippen molar-refractivity contribution < 1.29 is 32.2 Å². The molecule has 160 valence electrons. The van der Waals surface area contributed by atoms with E-state index in [2.05, 4.69) is 0 Å². The summed E-state index contributed by atoms with van der Waals surface area (Å²) in [6.07, 6.45) is 2.51. The molecule has 3 rings (SSSR count). The second-order valence-electron chi connectivity index (χ2n) is 6.85. The Labute approximate surface area is 175 Å². The smallest absolute Gasteiger partial charge is 0.338 e. The van der Waals surface area contributed by atoms with Gasteiger partial charge in [-0.3, -0.25) is 9.10 Å². The number of fused-ring (bicyclic) bond motifs is 1. The topological polar surface area (TPSA) is 99.2 Å². The monoisotopic (exact) mass is 433 g/mol. The molecular formula is C21H23NO7S. The summed E-state index contributed by atoms with van der Waals surface area (Å²) >= 11 is 0. The molecule has 2 aromatic rings. The standard InChI is InChI=1S/C21H23NO7S/c1-27-19-9-7-16(12-20(19)28-2)21(24)29-13-18(23)15-6-8-17-14(11-15)5-4-10-22(17)30(3,25)26/h6-9,11-12H,4-5,10,13H2,1-3H3. The zero-order valence-corrected chi connectivity index (χ0v) is 17.8. The Balaban J connectivity index is 1.70. The van der Waals surface area contributed by atoms with Gasteiger partial charge in [-0.25, -0.2) is 13.2 Å². The Morgan fingerprint density at radius 3 is 2.37 bits per heavy atom. The van der Waals surface area contributed by atoms with Gasteiger partial charge < -0.3 is 14.2 Å². The van der Waals surface area contributed by atoms with Crippen LogP contribution in [0.15, 0.2) is 36.4 Å². The molecule has 0 aliphatic carbocycles. The minimum absolute atomic E-state index is 0.231. The van der Waals surface area contributed by atoms with Crippen LogP contribution in [0, 0.1) is 0 Å². The van der Waals surface area contributed by atoms with Gasteiger partial charge >= 0.3 is 5.97 Å². The first-order valence-corrected chi connectivity index (χ1v) is 11.1. The summed E-state index contributed by atoms with van der Waals surface area (Å²) in [4.78, 5) is 24.8. The van der Waals surface area contributed by atoms with E-state index in [-0.39, 0.29) is 11.3 Å². The van der Waals surface area contributed by atoms with E-state index in [9.17, 15) is 18.0 Å². The van der Waals surface area contributed by atoms with Crippen LogP contribution >= 0.6 is 0 Å². The Bertz CT molecular complexity index is 1080. The summed E-state index contributed by atoms with van der Waals surface area (Å²) in [5.74, 6) is -0.181. The fourth-order valence-electron chi connectivity index (χ4n) is 3.34. The van der Waals surface area contributed by atoms with Gasteiger partial charge in [0.2, 0.25) is 10.0 Å². The van der Waals surface area contributed by atoms with E-state index < -0.39 is 22.6 Å². The second kappa shape index (κ2) is 8.74. The highest BCUT2D eigenvalue weighted by atomic mass is 32.2. The molecule has 2 aromatic carbocycles. The van der Waals surface area contributed by atoms with Crippen LogP contribution in [-0.4, -0.2) is 53.8 Å². The maximum absolute atomic E-state index is 12.5. The first kappa shape index (κ1) is 21.6. The largest absolute Gasteiger partial charge is 0.493 e. The van der Waals surface area contributed by atoms with Gasteiger partial charge in [-0.15, -0.1) is 0 Å². The number of Topliss-reactive ketones (excluding diaryl/α,β-unsaturated/α-hetero) is 1. The summed E-state index contributed by atoms with van der Waals surface area (Å²) in [6.45, 7) is -0.0101. The molecule has 1 heterocycles. The molecule has 0 aromatic heterocycles. The van der Waals surface area contributed by atoms with Gasteiger partial charge in [-0.2, -0.15) is 0 Å². The van der Waals surface area contributed by atoms with Gasteiger partial charge in [0.25, 0.3) is 0 Å². The van der Waals surface area contributed by atoms with Crippen LogP contribution in [0.3, 0.4) is 0 Å². The van der Waals surface area contributed by atoms with Gasteiger partial charge in [0.15, 0.2) is 23.9 Å². The first-order chi connectivity index (χ1) is 14.2. The highest BCUT2D eigenvalue weighted by molar-refractivity contribution is 7.92. The molecule has 30 heavy (non-hydrogen) atoms. The minimum atomic E-state index is -3.38. The molecule has 0 saturated heterocycles. The molecule has 0 spiro atoms. The Morgan fingerprint density at radius 2 is 1.70 bits per heavy atom. The number of hydrogen-bond acceptors (Lipinski definition) is 7. The van der Waals surface area contributed by atoms with E-state index >= 15 is 0 Å². The van der Waals surface area contributed by atoms with Crippen molar-refractivity contribution in [3.8, 4) is 11.5 Å². The molecule has 0 atom stereocenters. The van der Waals surface area contributed by atoms with Crippen molar-refractivity contribution >= 4 is 27.5 Å². The molecule has 1 aliphatic rings. The van der Waals surface area contributed by atoms with Gasteiger partial charge in [-0.1, -0.05) is 0 Å². The summed E-state index contributed by atoms with van der Waals surface area (Å²) in [7, 11) is -0.431. The molecular weight excluding hydrogens is 410 g/mol. The molecule has 0 saturated carbocycles. The normalized spacial score (nSPS) is 13.4. The average Bonchev–Trinajstić information content (AvgIpc) is 2.75. The number of aryl methyl sites for hydroxylation is 1. The summed E-state index contributed by atoms with van der Waals surface area (Å²) in [5.41, 5.74) is 1.96. The van der Waals surface area contributed by atoms with Gasteiger partial charge in [0.1, 0.15) is 0 Å². The summed E-state index contributed by atoms with van der Waals surface area (Å²) < 4.78 is 40.7. The quantitative estimate of drug-likeness (QED) is 0.488. The molecule has 0 N–H and O–H groups in total. The van der Waals surface area contributed by atoms with Gasteiger partial charge in [-0.05, 0) is 54.8 Å². The van der Waals surface area contributed by atoms with Crippen molar-refractivity contribution in [3.05, 3.63) is 53.1 Å². The fraction of sp³-hybridized carbons (Fsp3) is 0.333. The molecule has 1 aliphatic heterocycles. The molecule has 0 radical (unpaired) electrons. The second-order valence-corrected chi connectivity index (χ2v) is 8.76. The van der Waals surface area contributed by atoms with Crippen molar-refractivity contribution in [1.82, 2.24) is 0 Å². The number of methoxy groups -OCH3 is 2. The first-order valence-electron chi connectivity index (χ1n) is 9.27. The molecule has 0 amide bonds. The minimum Gasteiger partial charge on any atom is -0.493 e. The van der Waals surface area contributed by atoms with Gasteiger partial charge in [0.05, 0.1) is 31.7 Å². The van der Waals surface area contributed by atoms with Crippen LogP contribution < -0.4 is 13.8 Å². The fourth-order valence-corrected chi connectivity index (χ4v) is 4.34. The van der Waals surface area contributed by atoms with E-state index in [0.29, 0.717) is 42.1 Å². The number of carbonyl (C=O) groups excluding carboxylic acids is 2. The van der Waals surface area contributed by atoms with Crippen LogP contribution in [0.2, 0.25) is 0 Å². The highest BCUT2D eigenvalue weighted by Crippen LogP contribution is 2.30.